The second kappa shape index (κ2) is 5.26. The smallest absolute Gasteiger partial charge is 0.381 e. The number of hydrogen-bond acceptors (Lipinski definition) is 3. The molecular formula is C16H17F3N4. The van der Waals surface area contributed by atoms with Crippen molar-refractivity contribution in [1.82, 2.24) is 15.3 Å². The summed E-state index contributed by atoms with van der Waals surface area (Å²) >= 11 is 0. The maximum absolute atomic E-state index is 13.3. The van der Waals surface area contributed by atoms with Crippen molar-refractivity contribution in [3.8, 4) is 0 Å². The lowest BCUT2D eigenvalue weighted by atomic mass is 9.92. The van der Waals surface area contributed by atoms with Crippen molar-refractivity contribution >= 4 is 22.3 Å². The molecule has 0 bridgehead atoms. The van der Waals surface area contributed by atoms with Gasteiger partial charge in [0, 0.05) is 36.4 Å². The van der Waals surface area contributed by atoms with Crippen LogP contribution >= 0.6 is 0 Å². The molecule has 1 fully saturated rings. The van der Waals surface area contributed by atoms with Crippen LogP contribution in [0.5, 0.6) is 0 Å². The van der Waals surface area contributed by atoms with Crippen molar-refractivity contribution in [2.45, 2.75) is 31.5 Å². The first kappa shape index (κ1) is 14.6. The number of halogens is 3. The van der Waals surface area contributed by atoms with E-state index in [1.165, 1.54) is 0 Å². The Morgan fingerprint density at radius 2 is 2.09 bits per heavy atom. The fourth-order valence-electron chi connectivity index (χ4n) is 3.05. The summed E-state index contributed by atoms with van der Waals surface area (Å²) in [6.07, 6.45) is 1.42. The molecular weight excluding hydrogens is 305 g/mol. The average molecular weight is 322 g/mol. The molecule has 0 atom stereocenters. The lowest BCUT2D eigenvalue weighted by Crippen LogP contribution is -2.28. The minimum atomic E-state index is -4.42. The van der Waals surface area contributed by atoms with E-state index in [4.69, 9.17) is 0 Å². The van der Waals surface area contributed by atoms with Crippen LogP contribution in [0.1, 0.15) is 30.5 Å². The van der Waals surface area contributed by atoms with E-state index in [1.54, 1.807) is 6.07 Å². The summed E-state index contributed by atoms with van der Waals surface area (Å²) in [6.45, 7) is 1.49. The van der Waals surface area contributed by atoms with E-state index in [0.717, 1.165) is 43.3 Å². The third-order valence-electron chi connectivity index (χ3n) is 4.57. The molecule has 0 amide bonds. The third-order valence-corrected chi connectivity index (χ3v) is 4.57. The topological polar surface area (TPSA) is 52.7 Å². The van der Waals surface area contributed by atoms with Crippen LogP contribution in [0.2, 0.25) is 0 Å². The summed E-state index contributed by atoms with van der Waals surface area (Å²) in [7, 11) is 0. The highest BCUT2D eigenvalue weighted by atomic mass is 19.4. The van der Waals surface area contributed by atoms with E-state index in [1.807, 2.05) is 6.08 Å². The average Bonchev–Trinajstić information content (AvgIpc) is 3.09. The maximum atomic E-state index is 13.3. The Bertz CT molecular complexity index is 771. The van der Waals surface area contributed by atoms with Gasteiger partial charge < -0.3 is 15.6 Å². The molecule has 1 aliphatic carbocycles. The quantitative estimate of drug-likeness (QED) is 0.810. The molecule has 4 nitrogen and oxygen atoms in total. The van der Waals surface area contributed by atoms with Crippen molar-refractivity contribution in [3.05, 3.63) is 29.6 Å². The number of hydrogen-bond donors (Lipinski definition) is 3. The summed E-state index contributed by atoms with van der Waals surface area (Å²) in [4.78, 5) is 7.13. The Kier molecular flexibility index (Phi) is 3.33. The second-order valence-electron chi connectivity index (χ2n) is 6.12. The van der Waals surface area contributed by atoms with Crippen LogP contribution in [0.25, 0.3) is 16.6 Å². The molecule has 0 spiro atoms. The van der Waals surface area contributed by atoms with Crippen LogP contribution < -0.4 is 10.6 Å². The van der Waals surface area contributed by atoms with Gasteiger partial charge in [-0.05, 0) is 30.9 Å². The molecule has 122 valence electrons. The number of alkyl halides is 3. The Morgan fingerprint density at radius 1 is 1.26 bits per heavy atom. The second-order valence-corrected chi connectivity index (χ2v) is 6.12. The van der Waals surface area contributed by atoms with Crippen molar-refractivity contribution in [2.75, 3.05) is 18.4 Å². The Labute approximate surface area is 131 Å². The van der Waals surface area contributed by atoms with Crippen LogP contribution in [0.4, 0.5) is 18.9 Å². The van der Waals surface area contributed by atoms with Gasteiger partial charge in [0.1, 0.15) is 5.65 Å². The highest BCUT2D eigenvalue weighted by Crippen LogP contribution is 2.40. The molecule has 23 heavy (non-hydrogen) atoms. The lowest BCUT2D eigenvalue weighted by molar-refractivity contribution is -0.137. The van der Waals surface area contributed by atoms with E-state index < -0.39 is 11.7 Å². The van der Waals surface area contributed by atoms with E-state index in [9.17, 15) is 13.2 Å². The summed E-state index contributed by atoms with van der Waals surface area (Å²) in [5.41, 5.74) is 1.84. The fourth-order valence-corrected chi connectivity index (χ4v) is 3.05. The lowest BCUT2D eigenvalue weighted by Gasteiger charge is -2.29. The predicted molar refractivity (Wildman–Crippen MR) is 83.2 cm³/mol. The van der Waals surface area contributed by atoms with E-state index in [2.05, 4.69) is 20.6 Å². The van der Waals surface area contributed by atoms with E-state index >= 15 is 0 Å². The van der Waals surface area contributed by atoms with Gasteiger partial charge in [-0.15, -0.1) is 0 Å². The van der Waals surface area contributed by atoms with Gasteiger partial charge in [-0.25, -0.2) is 4.98 Å². The van der Waals surface area contributed by atoms with E-state index in [0.29, 0.717) is 17.6 Å². The van der Waals surface area contributed by atoms with Crippen LogP contribution in [0, 0.1) is 0 Å². The van der Waals surface area contributed by atoms with Gasteiger partial charge in [0.2, 0.25) is 0 Å². The van der Waals surface area contributed by atoms with Crippen LogP contribution in [0.3, 0.4) is 0 Å². The number of pyridine rings is 1. The van der Waals surface area contributed by atoms with E-state index in [-0.39, 0.29) is 11.7 Å². The summed E-state index contributed by atoms with van der Waals surface area (Å²) in [6, 6.07) is 1.89. The zero-order valence-corrected chi connectivity index (χ0v) is 12.4. The van der Waals surface area contributed by atoms with Crippen molar-refractivity contribution in [3.63, 3.8) is 0 Å². The molecule has 1 aliphatic heterocycles. The highest BCUT2D eigenvalue weighted by Gasteiger charge is 2.36. The number of nitrogens with one attached hydrogen (secondary N) is 3. The first-order valence-corrected chi connectivity index (χ1v) is 7.78. The van der Waals surface area contributed by atoms with Crippen LogP contribution in [-0.4, -0.2) is 29.1 Å². The van der Waals surface area contributed by atoms with Gasteiger partial charge in [0.15, 0.2) is 0 Å². The van der Waals surface area contributed by atoms with Gasteiger partial charge >= 0.3 is 6.18 Å². The molecule has 0 aromatic carbocycles. The van der Waals surface area contributed by atoms with Crippen LogP contribution in [-0.2, 0) is 6.18 Å². The predicted octanol–water partition coefficient (Wildman–Crippen LogP) is 3.53. The zero-order chi connectivity index (χ0) is 16.0. The number of H-pyrrole nitrogens is 1. The molecule has 3 heterocycles. The molecule has 4 rings (SSSR count). The normalized spacial score (nSPS) is 19.0. The molecule has 2 aromatic rings. The van der Waals surface area contributed by atoms with Crippen molar-refractivity contribution in [1.29, 1.82) is 0 Å². The van der Waals surface area contributed by atoms with Gasteiger partial charge in [-0.2, -0.15) is 13.2 Å². The summed E-state index contributed by atoms with van der Waals surface area (Å²) in [5, 5.41) is 6.78. The molecule has 2 aliphatic rings. The fraction of sp³-hybridized carbons (Fsp3) is 0.438. The molecule has 0 unspecified atom stereocenters. The number of nitrogens with zero attached hydrogens (tertiary/aromatic N) is 1. The molecule has 1 saturated carbocycles. The van der Waals surface area contributed by atoms with Gasteiger partial charge in [0.05, 0.1) is 11.3 Å². The first-order chi connectivity index (χ1) is 11.0. The molecule has 0 radical (unpaired) electrons. The van der Waals surface area contributed by atoms with Gasteiger partial charge in [-0.3, -0.25) is 0 Å². The SMILES string of the molecule is FC(F)(F)c1cnc2[nH]c(C3=CCNC3)cc2c1NC1CCC1. The van der Waals surface area contributed by atoms with Crippen LogP contribution in [0.15, 0.2) is 18.3 Å². The number of fused-ring (bicyclic) bond motifs is 1. The monoisotopic (exact) mass is 322 g/mol. The van der Waals surface area contributed by atoms with Gasteiger partial charge in [0.25, 0.3) is 0 Å². The third kappa shape index (κ3) is 2.59. The van der Waals surface area contributed by atoms with Gasteiger partial charge in [-0.1, -0.05) is 6.08 Å². The molecule has 0 saturated heterocycles. The summed E-state index contributed by atoms with van der Waals surface area (Å²) in [5.74, 6) is 0. The zero-order valence-electron chi connectivity index (χ0n) is 12.4. The summed E-state index contributed by atoms with van der Waals surface area (Å²) < 4.78 is 40.0. The minimum Gasteiger partial charge on any atom is -0.381 e. The Hall–Kier alpha value is -2.02. The van der Waals surface area contributed by atoms with Crippen molar-refractivity contribution < 1.29 is 13.2 Å². The minimum absolute atomic E-state index is 0.118. The maximum Gasteiger partial charge on any atom is 0.419 e. The Morgan fingerprint density at radius 3 is 2.70 bits per heavy atom. The standard InChI is InChI=1S/C16H17F3N4/c17-16(18,19)12-8-21-15-11(14(12)22-10-2-1-3-10)6-13(23-15)9-4-5-20-7-9/h4,6,8,10,20H,1-3,5,7H2,(H2,21,22,23). The number of aromatic nitrogens is 2. The van der Waals surface area contributed by atoms with Crippen molar-refractivity contribution in [2.24, 2.45) is 0 Å². The number of rotatable bonds is 3. The number of anilines is 1. The highest BCUT2D eigenvalue weighted by molar-refractivity contribution is 5.94. The molecule has 3 N–H and O–H groups in total. The largest absolute Gasteiger partial charge is 0.419 e. The first-order valence-electron chi connectivity index (χ1n) is 7.78. The Balaban J connectivity index is 1.83. The number of aromatic amines is 1. The molecule has 2 aromatic heterocycles. The molecule has 7 heteroatoms.